The number of amides is 1. The van der Waals surface area contributed by atoms with Crippen LogP contribution in [0.4, 0.5) is 10.1 Å². The third kappa shape index (κ3) is 4.06. The summed E-state index contributed by atoms with van der Waals surface area (Å²) in [6.45, 7) is 2.46. The number of carbonyl (C=O) groups excluding carboxylic acids is 1. The molecular formula is C18H20FN3O. The SMILES string of the molecule is O=C(NCc1ccc(F)cc1)c1ccc(N2CCCCC2)cn1. The number of nitrogens with zero attached hydrogens (tertiary/aromatic N) is 2. The normalized spacial score (nSPS) is 14.6. The van der Waals surface area contributed by atoms with Crippen molar-refractivity contribution in [2.24, 2.45) is 0 Å². The number of nitrogens with one attached hydrogen (secondary N) is 1. The first kappa shape index (κ1) is 15.5. The van der Waals surface area contributed by atoms with Crippen LogP contribution in [0.1, 0.15) is 35.3 Å². The third-order valence-electron chi connectivity index (χ3n) is 4.07. The van der Waals surface area contributed by atoms with Gasteiger partial charge >= 0.3 is 0 Å². The van der Waals surface area contributed by atoms with Crippen molar-refractivity contribution in [3.8, 4) is 0 Å². The van der Waals surface area contributed by atoms with E-state index in [0.29, 0.717) is 12.2 Å². The Labute approximate surface area is 135 Å². The number of rotatable bonds is 4. The number of halogens is 1. The van der Waals surface area contributed by atoms with Gasteiger partial charge in [-0.2, -0.15) is 0 Å². The van der Waals surface area contributed by atoms with Gasteiger partial charge in [-0.3, -0.25) is 4.79 Å². The molecule has 0 saturated carbocycles. The largest absolute Gasteiger partial charge is 0.370 e. The van der Waals surface area contributed by atoms with Crippen LogP contribution in [0.5, 0.6) is 0 Å². The minimum atomic E-state index is -0.282. The molecule has 120 valence electrons. The van der Waals surface area contributed by atoms with Crippen molar-refractivity contribution in [3.63, 3.8) is 0 Å². The molecule has 23 heavy (non-hydrogen) atoms. The number of piperidine rings is 1. The zero-order chi connectivity index (χ0) is 16.1. The summed E-state index contributed by atoms with van der Waals surface area (Å²) in [4.78, 5) is 18.7. The maximum Gasteiger partial charge on any atom is 0.270 e. The van der Waals surface area contributed by atoms with Gasteiger partial charge in [0.2, 0.25) is 0 Å². The molecule has 0 atom stereocenters. The van der Waals surface area contributed by atoms with Crippen molar-refractivity contribution < 1.29 is 9.18 Å². The number of pyridine rings is 1. The Morgan fingerprint density at radius 2 is 1.83 bits per heavy atom. The average Bonchev–Trinajstić information content (AvgIpc) is 2.62. The van der Waals surface area contributed by atoms with E-state index in [1.807, 2.05) is 6.07 Å². The van der Waals surface area contributed by atoms with Crippen LogP contribution in [0.25, 0.3) is 0 Å². The Bertz CT molecular complexity index is 649. The highest BCUT2D eigenvalue weighted by Gasteiger charge is 2.12. The van der Waals surface area contributed by atoms with Crippen LogP contribution >= 0.6 is 0 Å². The van der Waals surface area contributed by atoms with Crippen LogP contribution in [0, 0.1) is 5.82 Å². The zero-order valence-corrected chi connectivity index (χ0v) is 13.0. The number of anilines is 1. The summed E-state index contributed by atoms with van der Waals surface area (Å²) in [5.74, 6) is -0.505. The minimum Gasteiger partial charge on any atom is -0.370 e. The average molecular weight is 313 g/mol. The smallest absolute Gasteiger partial charge is 0.270 e. The molecule has 1 fully saturated rings. The number of carbonyl (C=O) groups is 1. The van der Waals surface area contributed by atoms with Gasteiger partial charge in [-0.15, -0.1) is 0 Å². The summed E-state index contributed by atoms with van der Waals surface area (Å²) in [7, 11) is 0. The molecule has 3 rings (SSSR count). The van der Waals surface area contributed by atoms with Crippen LogP contribution in [0.2, 0.25) is 0 Å². The topological polar surface area (TPSA) is 45.2 Å². The van der Waals surface area contributed by atoms with Crippen LogP contribution in [-0.4, -0.2) is 24.0 Å². The summed E-state index contributed by atoms with van der Waals surface area (Å²) < 4.78 is 12.8. The molecule has 1 aliphatic heterocycles. The molecule has 0 aliphatic carbocycles. The summed E-state index contributed by atoms with van der Waals surface area (Å²) in [5.41, 5.74) is 2.32. The van der Waals surface area contributed by atoms with E-state index in [2.05, 4.69) is 15.2 Å². The van der Waals surface area contributed by atoms with E-state index in [1.165, 1.54) is 31.4 Å². The van der Waals surface area contributed by atoms with E-state index in [9.17, 15) is 9.18 Å². The Kier molecular flexibility index (Phi) is 4.86. The highest BCUT2D eigenvalue weighted by Crippen LogP contribution is 2.18. The molecule has 0 unspecified atom stereocenters. The van der Waals surface area contributed by atoms with Crippen molar-refractivity contribution in [1.82, 2.24) is 10.3 Å². The second-order valence-corrected chi connectivity index (χ2v) is 5.76. The molecule has 1 aliphatic rings. The van der Waals surface area contributed by atoms with E-state index < -0.39 is 0 Å². The van der Waals surface area contributed by atoms with Gasteiger partial charge in [-0.1, -0.05) is 12.1 Å². The molecule has 1 aromatic carbocycles. The molecule has 0 bridgehead atoms. The summed E-state index contributed by atoms with van der Waals surface area (Å²) in [6, 6.07) is 9.78. The van der Waals surface area contributed by atoms with E-state index >= 15 is 0 Å². The number of benzene rings is 1. The van der Waals surface area contributed by atoms with E-state index in [-0.39, 0.29) is 11.7 Å². The zero-order valence-electron chi connectivity index (χ0n) is 13.0. The van der Waals surface area contributed by atoms with E-state index in [4.69, 9.17) is 0 Å². The number of hydrogen-bond acceptors (Lipinski definition) is 3. The quantitative estimate of drug-likeness (QED) is 0.943. The molecule has 2 heterocycles. The monoisotopic (exact) mass is 313 g/mol. The molecule has 2 aromatic rings. The Morgan fingerprint density at radius 1 is 1.09 bits per heavy atom. The molecule has 1 saturated heterocycles. The number of aromatic nitrogens is 1. The second kappa shape index (κ2) is 7.22. The van der Waals surface area contributed by atoms with E-state index in [1.54, 1.807) is 24.4 Å². The lowest BCUT2D eigenvalue weighted by Gasteiger charge is -2.28. The van der Waals surface area contributed by atoms with Crippen LogP contribution < -0.4 is 10.2 Å². The minimum absolute atomic E-state index is 0.223. The molecular weight excluding hydrogens is 293 g/mol. The molecule has 1 N–H and O–H groups in total. The maximum atomic E-state index is 12.8. The van der Waals surface area contributed by atoms with Gasteiger partial charge in [-0.05, 0) is 49.1 Å². The van der Waals surface area contributed by atoms with Gasteiger partial charge < -0.3 is 10.2 Å². The van der Waals surface area contributed by atoms with E-state index in [0.717, 1.165) is 24.3 Å². The van der Waals surface area contributed by atoms with Crippen molar-refractivity contribution in [1.29, 1.82) is 0 Å². The van der Waals surface area contributed by atoms with Gasteiger partial charge in [-0.25, -0.2) is 9.37 Å². The van der Waals surface area contributed by atoms with Crippen LogP contribution in [0.15, 0.2) is 42.6 Å². The van der Waals surface area contributed by atoms with Crippen LogP contribution in [0.3, 0.4) is 0 Å². The fraction of sp³-hybridized carbons (Fsp3) is 0.333. The Morgan fingerprint density at radius 3 is 2.48 bits per heavy atom. The maximum absolute atomic E-state index is 12.8. The molecule has 4 nitrogen and oxygen atoms in total. The molecule has 1 amide bonds. The van der Waals surface area contributed by atoms with Gasteiger partial charge in [0.1, 0.15) is 11.5 Å². The van der Waals surface area contributed by atoms with Crippen LogP contribution in [-0.2, 0) is 6.54 Å². The van der Waals surface area contributed by atoms with Gasteiger partial charge in [0, 0.05) is 19.6 Å². The standard InChI is InChI=1S/C18H20FN3O/c19-15-6-4-14(5-7-15)12-21-18(23)17-9-8-16(13-20-17)22-10-2-1-3-11-22/h4-9,13H,1-3,10-12H2,(H,21,23). The van der Waals surface area contributed by atoms with Crippen molar-refractivity contribution in [2.75, 3.05) is 18.0 Å². The molecule has 1 aromatic heterocycles. The molecule has 5 heteroatoms. The van der Waals surface area contributed by atoms with Crippen molar-refractivity contribution in [3.05, 3.63) is 59.7 Å². The van der Waals surface area contributed by atoms with Gasteiger partial charge in [0.15, 0.2) is 0 Å². The molecule has 0 spiro atoms. The summed E-state index contributed by atoms with van der Waals surface area (Å²) in [5, 5.41) is 2.80. The first-order chi connectivity index (χ1) is 11.2. The van der Waals surface area contributed by atoms with Crippen molar-refractivity contribution in [2.45, 2.75) is 25.8 Å². The lowest BCUT2D eigenvalue weighted by molar-refractivity contribution is 0.0946. The fourth-order valence-electron chi connectivity index (χ4n) is 2.73. The summed E-state index contributed by atoms with van der Waals surface area (Å²) in [6.07, 6.45) is 5.46. The second-order valence-electron chi connectivity index (χ2n) is 5.76. The Balaban J connectivity index is 1.57. The highest BCUT2D eigenvalue weighted by atomic mass is 19.1. The predicted molar refractivity (Wildman–Crippen MR) is 87.9 cm³/mol. The predicted octanol–water partition coefficient (Wildman–Crippen LogP) is 3.14. The highest BCUT2D eigenvalue weighted by molar-refractivity contribution is 5.92. The lowest BCUT2D eigenvalue weighted by atomic mass is 10.1. The van der Waals surface area contributed by atoms with Crippen molar-refractivity contribution >= 4 is 11.6 Å². The third-order valence-corrected chi connectivity index (χ3v) is 4.07. The van der Waals surface area contributed by atoms with Gasteiger partial charge in [0.25, 0.3) is 5.91 Å². The first-order valence-electron chi connectivity index (χ1n) is 7.96. The fourth-order valence-corrected chi connectivity index (χ4v) is 2.73. The Hall–Kier alpha value is -2.43. The summed E-state index contributed by atoms with van der Waals surface area (Å²) >= 11 is 0. The first-order valence-corrected chi connectivity index (χ1v) is 7.96. The molecule has 0 radical (unpaired) electrons. The van der Waals surface area contributed by atoms with Gasteiger partial charge in [0.05, 0.1) is 11.9 Å². The lowest BCUT2D eigenvalue weighted by Crippen LogP contribution is -2.29. The number of hydrogen-bond donors (Lipinski definition) is 1.